The van der Waals surface area contributed by atoms with Gasteiger partial charge < -0.3 is 15.5 Å². The Balaban J connectivity index is 1.95. The lowest BCUT2D eigenvalue weighted by molar-refractivity contribution is -0.129. The van der Waals surface area contributed by atoms with Crippen LogP contribution in [-0.2, 0) is 14.4 Å². The summed E-state index contributed by atoms with van der Waals surface area (Å²) in [5.41, 5.74) is 1.81. The lowest BCUT2D eigenvalue weighted by Crippen LogP contribution is -2.42. The van der Waals surface area contributed by atoms with Gasteiger partial charge in [-0.05, 0) is 44.5 Å². The second kappa shape index (κ2) is 7.79. The Bertz CT molecular complexity index is 660. The van der Waals surface area contributed by atoms with Crippen LogP contribution in [0, 0.1) is 12.8 Å². The van der Waals surface area contributed by atoms with Crippen molar-refractivity contribution in [2.45, 2.75) is 33.2 Å². The van der Waals surface area contributed by atoms with E-state index in [2.05, 4.69) is 26.6 Å². The summed E-state index contributed by atoms with van der Waals surface area (Å²) in [6, 6.07) is 5.68. The number of aryl methyl sites for hydroxylation is 1. The molecule has 2 rings (SSSR count). The van der Waals surface area contributed by atoms with E-state index in [1.165, 1.54) is 0 Å². The molecule has 7 heteroatoms. The van der Waals surface area contributed by atoms with Crippen molar-refractivity contribution < 1.29 is 14.4 Å². The molecule has 1 aliphatic rings. The summed E-state index contributed by atoms with van der Waals surface area (Å²) in [5, 5.41) is 5.31. The highest BCUT2D eigenvalue weighted by molar-refractivity contribution is 9.10. The average Bonchev–Trinajstić information content (AvgIpc) is 2.89. The number of benzene rings is 1. The highest BCUT2D eigenvalue weighted by atomic mass is 79.9. The van der Waals surface area contributed by atoms with Crippen LogP contribution in [0.1, 0.15) is 25.8 Å². The minimum absolute atomic E-state index is 0.0265. The second-order valence-electron chi connectivity index (χ2n) is 6.28. The fourth-order valence-electron chi connectivity index (χ4n) is 2.61. The zero-order valence-electron chi connectivity index (χ0n) is 14.1. The van der Waals surface area contributed by atoms with Crippen molar-refractivity contribution >= 4 is 39.3 Å². The van der Waals surface area contributed by atoms with Crippen LogP contribution in [0.3, 0.4) is 0 Å². The van der Waals surface area contributed by atoms with Crippen molar-refractivity contribution in [3.05, 3.63) is 28.2 Å². The van der Waals surface area contributed by atoms with Crippen molar-refractivity contribution in [3.63, 3.8) is 0 Å². The first-order valence-corrected chi connectivity index (χ1v) is 8.71. The van der Waals surface area contributed by atoms with Gasteiger partial charge in [0.2, 0.25) is 17.7 Å². The Hall–Kier alpha value is -1.89. The number of carbonyl (C=O) groups is 3. The Morgan fingerprint density at radius 1 is 1.38 bits per heavy atom. The maximum atomic E-state index is 12.2. The minimum Gasteiger partial charge on any atom is -0.352 e. The predicted octanol–water partition coefficient (Wildman–Crippen LogP) is 1.75. The van der Waals surface area contributed by atoms with Crippen LogP contribution in [0.4, 0.5) is 5.69 Å². The highest BCUT2D eigenvalue weighted by Crippen LogP contribution is 2.28. The monoisotopic (exact) mass is 395 g/mol. The molecule has 1 aromatic rings. The number of carbonyl (C=O) groups excluding carboxylic acids is 3. The first-order chi connectivity index (χ1) is 11.3. The topological polar surface area (TPSA) is 78.5 Å². The molecule has 0 aliphatic carbocycles. The van der Waals surface area contributed by atoms with Gasteiger partial charge in [0, 0.05) is 29.2 Å². The Morgan fingerprint density at radius 3 is 2.71 bits per heavy atom. The highest BCUT2D eigenvalue weighted by Gasteiger charge is 2.35. The van der Waals surface area contributed by atoms with Crippen molar-refractivity contribution in [2.24, 2.45) is 5.92 Å². The van der Waals surface area contributed by atoms with Gasteiger partial charge in [-0.25, -0.2) is 0 Å². The number of rotatable bonds is 5. The molecule has 1 unspecified atom stereocenters. The SMILES string of the molecule is Cc1cc(N2CC(C(=O)NCC(=O)NC(C)C)CC2=O)ccc1Br. The summed E-state index contributed by atoms with van der Waals surface area (Å²) in [6.07, 6.45) is 0.159. The van der Waals surface area contributed by atoms with Gasteiger partial charge in [-0.3, -0.25) is 14.4 Å². The van der Waals surface area contributed by atoms with Crippen LogP contribution in [0.5, 0.6) is 0 Å². The van der Waals surface area contributed by atoms with E-state index in [9.17, 15) is 14.4 Å². The zero-order chi connectivity index (χ0) is 17.9. The van der Waals surface area contributed by atoms with Crippen molar-refractivity contribution in [1.82, 2.24) is 10.6 Å². The molecule has 130 valence electrons. The maximum Gasteiger partial charge on any atom is 0.239 e. The van der Waals surface area contributed by atoms with E-state index in [-0.39, 0.29) is 36.7 Å². The number of hydrogen-bond donors (Lipinski definition) is 2. The zero-order valence-corrected chi connectivity index (χ0v) is 15.6. The summed E-state index contributed by atoms with van der Waals surface area (Å²) < 4.78 is 0.975. The van der Waals surface area contributed by atoms with Gasteiger partial charge in [0.15, 0.2) is 0 Å². The van der Waals surface area contributed by atoms with Crippen LogP contribution in [0.15, 0.2) is 22.7 Å². The summed E-state index contributed by atoms with van der Waals surface area (Å²) in [6.45, 7) is 5.92. The van der Waals surface area contributed by atoms with E-state index in [1.54, 1.807) is 4.90 Å². The van der Waals surface area contributed by atoms with Crippen molar-refractivity contribution in [3.8, 4) is 0 Å². The summed E-state index contributed by atoms with van der Waals surface area (Å²) in [7, 11) is 0. The quantitative estimate of drug-likeness (QED) is 0.796. The second-order valence-corrected chi connectivity index (χ2v) is 7.13. The lowest BCUT2D eigenvalue weighted by atomic mass is 10.1. The molecule has 0 saturated carbocycles. The molecule has 3 amide bonds. The Kier molecular flexibility index (Phi) is 5.99. The summed E-state index contributed by atoms with van der Waals surface area (Å²) in [5.74, 6) is -1.02. The van der Waals surface area contributed by atoms with Crippen molar-refractivity contribution in [1.29, 1.82) is 0 Å². The van der Waals surface area contributed by atoms with E-state index in [4.69, 9.17) is 0 Å². The van der Waals surface area contributed by atoms with Gasteiger partial charge in [-0.1, -0.05) is 15.9 Å². The van der Waals surface area contributed by atoms with E-state index in [1.807, 2.05) is 39.0 Å². The maximum absolute atomic E-state index is 12.2. The van der Waals surface area contributed by atoms with Crippen molar-refractivity contribution in [2.75, 3.05) is 18.0 Å². The smallest absolute Gasteiger partial charge is 0.239 e. The van der Waals surface area contributed by atoms with Gasteiger partial charge >= 0.3 is 0 Å². The third kappa shape index (κ3) is 4.56. The van der Waals surface area contributed by atoms with E-state index < -0.39 is 5.92 Å². The molecule has 1 heterocycles. The molecule has 0 aromatic heterocycles. The van der Waals surface area contributed by atoms with E-state index >= 15 is 0 Å². The molecule has 1 aliphatic heterocycles. The number of anilines is 1. The third-order valence-electron chi connectivity index (χ3n) is 3.82. The Labute approximate surface area is 150 Å². The number of nitrogens with zero attached hydrogens (tertiary/aromatic N) is 1. The number of nitrogens with one attached hydrogen (secondary N) is 2. The first-order valence-electron chi connectivity index (χ1n) is 7.91. The molecule has 2 N–H and O–H groups in total. The van der Waals surface area contributed by atoms with Gasteiger partial charge in [0.25, 0.3) is 0 Å². The molecule has 0 radical (unpaired) electrons. The van der Waals surface area contributed by atoms with Crippen LogP contribution >= 0.6 is 15.9 Å². The molecule has 6 nitrogen and oxygen atoms in total. The lowest BCUT2D eigenvalue weighted by Gasteiger charge is -2.18. The minimum atomic E-state index is -0.437. The van der Waals surface area contributed by atoms with Crippen LogP contribution in [0.2, 0.25) is 0 Å². The van der Waals surface area contributed by atoms with Crippen LogP contribution < -0.4 is 15.5 Å². The molecule has 1 aromatic carbocycles. The van der Waals surface area contributed by atoms with Gasteiger partial charge in [-0.15, -0.1) is 0 Å². The van der Waals surface area contributed by atoms with Crippen LogP contribution in [-0.4, -0.2) is 36.9 Å². The standard InChI is InChI=1S/C17H22BrN3O3/c1-10(2)20-15(22)8-19-17(24)12-7-16(23)21(9-12)13-4-5-14(18)11(3)6-13/h4-6,10,12H,7-9H2,1-3H3,(H,19,24)(H,20,22). The molecule has 24 heavy (non-hydrogen) atoms. The summed E-state index contributed by atoms with van der Waals surface area (Å²) in [4.78, 5) is 37.6. The van der Waals surface area contributed by atoms with Gasteiger partial charge in [0.05, 0.1) is 12.5 Å². The van der Waals surface area contributed by atoms with Gasteiger partial charge in [0.1, 0.15) is 0 Å². The molecule has 0 bridgehead atoms. The normalized spacial score (nSPS) is 17.3. The fourth-order valence-corrected chi connectivity index (χ4v) is 2.86. The fraction of sp³-hybridized carbons (Fsp3) is 0.471. The Morgan fingerprint density at radius 2 is 2.08 bits per heavy atom. The molecule has 1 fully saturated rings. The molecule has 0 spiro atoms. The largest absolute Gasteiger partial charge is 0.352 e. The summed E-state index contributed by atoms with van der Waals surface area (Å²) >= 11 is 3.43. The van der Waals surface area contributed by atoms with E-state index in [0.29, 0.717) is 6.54 Å². The number of halogens is 1. The third-order valence-corrected chi connectivity index (χ3v) is 4.71. The number of amides is 3. The van der Waals surface area contributed by atoms with Crippen LogP contribution in [0.25, 0.3) is 0 Å². The van der Waals surface area contributed by atoms with E-state index in [0.717, 1.165) is 15.7 Å². The molecule has 1 saturated heterocycles. The molecule has 1 atom stereocenters. The number of hydrogen-bond acceptors (Lipinski definition) is 3. The predicted molar refractivity (Wildman–Crippen MR) is 95.6 cm³/mol. The molecular formula is C17H22BrN3O3. The van der Waals surface area contributed by atoms with Gasteiger partial charge in [-0.2, -0.15) is 0 Å². The average molecular weight is 396 g/mol. The first kappa shape index (κ1) is 18.4. The molecular weight excluding hydrogens is 374 g/mol.